The fraction of sp³-hybridized carbons (Fsp3) is 0.294. The lowest BCUT2D eigenvalue weighted by molar-refractivity contribution is 0.409. The van der Waals surface area contributed by atoms with Gasteiger partial charge in [0.25, 0.3) is 0 Å². The van der Waals surface area contributed by atoms with E-state index in [4.69, 9.17) is 10.5 Å². The molecule has 0 aliphatic carbocycles. The second-order valence-corrected chi connectivity index (χ2v) is 4.92. The number of benzene rings is 2. The topological polar surface area (TPSA) is 38.5 Å². The maximum absolute atomic E-state index is 5.80. The van der Waals surface area contributed by atoms with Gasteiger partial charge in [-0.05, 0) is 32.0 Å². The Bertz CT molecular complexity index is 564. The van der Waals surface area contributed by atoms with Crippen molar-refractivity contribution in [2.24, 2.45) is 0 Å². The first-order valence-electron chi connectivity index (χ1n) is 6.88. The van der Waals surface area contributed by atoms with Crippen LogP contribution >= 0.6 is 0 Å². The number of hydrogen-bond acceptors (Lipinski definition) is 3. The Balaban J connectivity index is 2.24. The molecule has 0 saturated heterocycles. The maximum Gasteiger partial charge on any atom is 0.125 e. The Hall–Kier alpha value is -2.16. The number of hydrogen-bond donors (Lipinski definition) is 1. The normalized spacial score (nSPS) is 10.3. The molecule has 2 aromatic carbocycles. The lowest BCUT2D eigenvalue weighted by Crippen LogP contribution is -2.22. The van der Waals surface area contributed by atoms with E-state index in [0.717, 1.165) is 30.1 Å². The summed E-state index contributed by atoms with van der Waals surface area (Å²) in [5.74, 6) is 0.843. The van der Waals surface area contributed by atoms with Crippen LogP contribution < -0.4 is 15.4 Å². The minimum absolute atomic E-state index is 0.726. The smallest absolute Gasteiger partial charge is 0.125 e. The van der Waals surface area contributed by atoms with Gasteiger partial charge in [0.15, 0.2) is 0 Å². The van der Waals surface area contributed by atoms with Crippen molar-refractivity contribution in [3.8, 4) is 5.75 Å². The van der Waals surface area contributed by atoms with Crippen molar-refractivity contribution in [3.63, 3.8) is 0 Å². The number of methoxy groups -OCH3 is 1. The van der Waals surface area contributed by atoms with Crippen LogP contribution in [0.15, 0.2) is 42.5 Å². The van der Waals surface area contributed by atoms with Gasteiger partial charge in [0.1, 0.15) is 5.75 Å². The summed E-state index contributed by atoms with van der Waals surface area (Å²) < 4.78 is 5.42. The van der Waals surface area contributed by atoms with Gasteiger partial charge in [-0.2, -0.15) is 0 Å². The van der Waals surface area contributed by atoms with Crippen molar-refractivity contribution in [2.45, 2.75) is 20.4 Å². The summed E-state index contributed by atoms with van der Waals surface area (Å²) in [6.45, 7) is 6.01. The van der Waals surface area contributed by atoms with Crippen molar-refractivity contribution in [1.29, 1.82) is 0 Å². The molecule has 2 aromatic rings. The first kappa shape index (κ1) is 14.3. The van der Waals surface area contributed by atoms with E-state index in [2.05, 4.69) is 43.0 Å². The van der Waals surface area contributed by atoms with E-state index < -0.39 is 0 Å². The Morgan fingerprint density at radius 3 is 2.40 bits per heavy atom. The Kier molecular flexibility index (Phi) is 4.51. The molecule has 0 spiro atoms. The zero-order valence-corrected chi connectivity index (χ0v) is 12.4. The van der Waals surface area contributed by atoms with Gasteiger partial charge < -0.3 is 15.4 Å². The van der Waals surface area contributed by atoms with Crippen LogP contribution in [-0.4, -0.2) is 13.7 Å². The number of nitrogens with zero attached hydrogens (tertiary/aromatic N) is 1. The molecule has 0 amide bonds. The molecule has 0 bridgehead atoms. The second-order valence-electron chi connectivity index (χ2n) is 4.92. The summed E-state index contributed by atoms with van der Waals surface area (Å²) in [6.07, 6.45) is 0. The van der Waals surface area contributed by atoms with E-state index in [1.165, 1.54) is 11.3 Å². The molecule has 2 rings (SSSR count). The molecule has 0 aliphatic heterocycles. The van der Waals surface area contributed by atoms with E-state index in [1.807, 2.05) is 18.2 Å². The van der Waals surface area contributed by atoms with Gasteiger partial charge in [0.2, 0.25) is 0 Å². The van der Waals surface area contributed by atoms with Gasteiger partial charge >= 0.3 is 0 Å². The van der Waals surface area contributed by atoms with E-state index in [0.29, 0.717) is 0 Å². The predicted molar refractivity (Wildman–Crippen MR) is 85.3 cm³/mol. The zero-order valence-electron chi connectivity index (χ0n) is 12.4. The van der Waals surface area contributed by atoms with Crippen LogP contribution in [0, 0.1) is 6.92 Å². The van der Waals surface area contributed by atoms with Crippen molar-refractivity contribution >= 4 is 11.4 Å². The molecule has 3 nitrogen and oxygen atoms in total. The Morgan fingerprint density at radius 2 is 1.80 bits per heavy atom. The monoisotopic (exact) mass is 270 g/mol. The summed E-state index contributed by atoms with van der Waals surface area (Å²) in [4.78, 5) is 2.31. The van der Waals surface area contributed by atoms with Gasteiger partial charge in [-0.3, -0.25) is 0 Å². The Morgan fingerprint density at radius 1 is 1.10 bits per heavy atom. The third kappa shape index (κ3) is 3.23. The van der Waals surface area contributed by atoms with Crippen LogP contribution in [0.1, 0.15) is 18.1 Å². The first-order chi connectivity index (χ1) is 9.63. The molecule has 0 aromatic heterocycles. The number of ether oxygens (including phenoxy) is 1. The van der Waals surface area contributed by atoms with Crippen LogP contribution in [-0.2, 0) is 6.54 Å². The summed E-state index contributed by atoms with van der Waals surface area (Å²) in [5.41, 5.74) is 10.2. The lowest BCUT2D eigenvalue weighted by Gasteiger charge is -2.24. The van der Waals surface area contributed by atoms with Crippen LogP contribution in [0.2, 0.25) is 0 Å². The highest BCUT2D eigenvalue weighted by atomic mass is 16.5. The maximum atomic E-state index is 5.80. The molecule has 0 heterocycles. The molecule has 106 valence electrons. The van der Waals surface area contributed by atoms with Crippen LogP contribution in [0.25, 0.3) is 0 Å². The predicted octanol–water partition coefficient (Wildman–Crippen LogP) is 3.61. The van der Waals surface area contributed by atoms with Crippen LogP contribution in [0.4, 0.5) is 11.4 Å². The van der Waals surface area contributed by atoms with Gasteiger partial charge in [-0.25, -0.2) is 0 Å². The van der Waals surface area contributed by atoms with E-state index in [9.17, 15) is 0 Å². The lowest BCUT2D eigenvalue weighted by atomic mass is 10.1. The van der Waals surface area contributed by atoms with Gasteiger partial charge in [-0.15, -0.1) is 0 Å². The molecule has 0 atom stereocenters. The van der Waals surface area contributed by atoms with Gasteiger partial charge in [0.05, 0.1) is 7.11 Å². The van der Waals surface area contributed by atoms with Crippen molar-refractivity contribution in [2.75, 3.05) is 24.3 Å². The summed E-state index contributed by atoms with van der Waals surface area (Å²) in [6, 6.07) is 14.4. The highest BCUT2D eigenvalue weighted by molar-refractivity contribution is 5.52. The van der Waals surface area contributed by atoms with Crippen LogP contribution in [0.5, 0.6) is 5.75 Å². The zero-order chi connectivity index (χ0) is 14.5. The second kappa shape index (κ2) is 6.33. The average molecular weight is 270 g/mol. The number of nitrogen functional groups attached to an aromatic ring is 1. The highest BCUT2D eigenvalue weighted by Crippen LogP contribution is 2.25. The van der Waals surface area contributed by atoms with Gasteiger partial charge in [0, 0.05) is 36.1 Å². The molecule has 0 fully saturated rings. The molecule has 3 heteroatoms. The molecule has 0 aliphatic rings. The van der Waals surface area contributed by atoms with Crippen LogP contribution in [0.3, 0.4) is 0 Å². The standard InChI is InChI=1S/C17H22N2O/c1-4-19(16-9-5-13(2)6-10-16)12-14-7-8-15(18)11-17(14)20-3/h5-11H,4,12,18H2,1-3H3. The van der Waals surface area contributed by atoms with E-state index in [1.54, 1.807) is 7.11 Å². The first-order valence-corrected chi connectivity index (χ1v) is 6.88. The molecule has 2 N–H and O–H groups in total. The quantitative estimate of drug-likeness (QED) is 0.843. The molecule has 0 unspecified atom stereocenters. The minimum atomic E-state index is 0.726. The average Bonchev–Trinajstić information content (AvgIpc) is 2.47. The summed E-state index contributed by atoms with van der Waals surface area (Å²) >= 11 is 0. The molecular formula is C17H22N2O. The van der Waals surface area contributed by atoms with Crippen molar-refractivity contribution in [3.05, 3.63) is 53.6 Å². The number of anilines is 2. The van der Waals surface area contributed by atoms with Crippen molar-refractivity contribution in [1.82, 2.24) is 0 Å². The summed E-state index contributed by atoms with van der Waals surface area (Å²) in [7, 11) is 1.68. The third-order valence-corrected chi connectivity index (χ3v) is 3.45. The fourth-order valence-electron chi connectivity index (χ4n) is 2.24. The Labute approximate surface area is 121 Å². The molecule has 0 radical (unpaired) electrons. The number of aryl methyl sites for hydroxylation is 1. The highest BCUT2D eigenvalue weighted by Gasteiger charge is 2.09. The van der Waals surface area contributed by atoms with E-state index >= 15 is 0 Å². The van der Waals surface area contributed by atoms with E-state index in [-0.39, 0.29) is 0 Å². The molecular weight excluding hydrogens is 248 g/mol. The largest absolute Gasteiger partial charge is 0.496 e. The van der Waals surface area contributed by atoms with Crippen molar-refractivity contribution < 1.29 is 4.74 Å². The summed E-state index contributed by atoms with van der Waals surface area (Å²) in [5, 5.41) is 0. The number of nitrogens with two attached hydrogens (primary N) is 1. The molecule has 0 saturated carbocycles. The third-order valence-electron chi connectivity index (χ3n) is 3.45. The SMILES string of the molecule is CCN(Cc1ccc(N)cc1OC)c1ccc(C)cc1. The number of rotatable bonds is 5. The minimum Gasteiger partial charge on any atom is -0.496 e. The molecule has 20 heavy (non-hydrogen) atoms. The van der Waals surface area contributed by atoms with Gasteiger partial charge in [-0.1, -0.05) is 23.8 Å². The fourth-order valence-corrected chi connectivity index (χ4v) is 2.24.